The lowest BCUT2D eigenvalue weighted by atomic mass is 10.1. The second-order valence-electron chi connectivity index (χ2n) is 5.30. The van der Waals surface area contributed by atoms with Crippen LogP contribution in [-0.4, -0.2) is 38.2 Å². The van der Waals surface area contributed by atoms with Crippen LogP contribution in [0.1, 0.15) is 27.3 Å². The minimum atomic E-state index is -0.104. The van der Waals surface area contributed by atoms with Gasteiger partial charge in [-0.1, -0.05) is 11.6 Å². The van der Waals surface area contributed by atoms with E-state index in [9.17, 15) is 4.79 Å². The minimum Gasteiger partial charge on any atom is -0.336 e. The molecule has 0 saturated carbocycles. The van der Waals surface area contributed by atoms with Crippen LogP contribution in [0.3, 0.4) is 0 Å². The second-order valence-corrected chi connectivity index (χ2v) is 5.30. The molecule has 0 unspecified atom stereocenters. The van der Waals surface area contributed by atoms with Gasteiger partial charge in [0.25, 0.3) is 5.91 Å². The van der Waals surface area contributed by atoms with Crippen LogP contribution in [0.5, 0.6) is 0 Å². The summed E-state index contributed by atoms with van der Waals surface area (Å²) in [6.45, 7) is 4.44. The lowest BCUT2D eigenvalue weighted by Crippen LogP contribution is -2.26. The third kappa shape index (κ3) is 2.40. The van der Waals surface area contributed by atoms with Crippen molar-refractivity contribution in [3.63, 3.8) is 0 Å². The number of nitrogens with one attached hydrogen (secondary N) is 2. The van der Waals surface area contributed by atoms with Gasteiger partial charge in [-0.05, 0) is 26.0 Å². The van der Waals surface area contributed by atoms with Gasteiger partial charge in [-0.15, -0.1) is 0 Å². The zero-order valence-electron chi connectivity index (χ0n) is 12.3. The molecule has 6 heteroatoms. The molecule has 2 heterocycles. The summed E-state index contributed by atoms with van der Waals surface area (Å²) in [4.78, 5) is 14.2. The predicted octanol–water partition coefficient (Wildman–Crippen LogP) is 2.18. The van der Waals surface area contributed by atoms with Crippen molar-refractivity contribution >= 4 is 16.8 Å². The van der Waals surface area contributed by atoms with Gasteiger partial charge in [0.05, 0.1) is 11.7 Å². The number of benzene rings is 1. The van der Waals surface area contributed by atoms with Crippen molar-refractivity contribution in [2.24, 2.45) is 0 Å². The summed E-state index contributed by atoms with van der Waals surface area (Å²) >= 11 is 0. The highest BCUT2D eigenvalue weighted by atomic mass is 16.2. The van der Waals surface area contributed by atoms with E-state index in [1.165, 1.54) is 0 Å². The normalized spacial score (nSPS) is 11.0. The summed E-state index contributed by atoms with van der Waals surface area (Å²) in [5.41, 5.74) is 4.40. The van der Waals surface area contributed by atoms with Crippen LogP contribution in [-0.2, 0) is 6.54 Å². The van der Waals surface area contributed by atoms with Crippen molar-refractivity contribution in [1.82, 2.24) is 25.3 Å². The fourth-order valence-electron chi connectivity index (χ4n) is 2.33. The fraction of sp³-hybridized carbons (Fsp3) is 0.267. The number of aromatic amines is 2. The lowest BCUT2D eigenvalue weighted by Gasteiger charge is -2.15. The first-order chi connectivity index (χ1) is 10.1. The molecular weight excluding hydrogens is 266 g/mol. The number of aromatic nitrogens is 4. The summed E-state index contributed by atoms with van der Waals surface area (Å²) in [6, 6.07) is 5.91. The summed E-state index contributed by atoms with van der Waals surface area (Å²) in [6.07, 6.45) is 1.74. The Kier molecular flexibility index (Phi) is 3.21. The van der Waals surface area contributed by atoms with Gasteiger partial charge in [-0.3, -0.25) is 15.0 Å². The number of carbonyl (C=O) groups excluding carboxylic acids is 1. The zero-order valence-corrected chi connectivity index (χ0v) is 12.3. The largest absolute Gasteiger partial charge is 0.336 e. The molecule has 0 saturated heterocycles. The number of carbonyl (C=O) groups is 1. The van der Waals surface area contributed by atoms with E-state index in [-0.39, 0.29) is 5.91 Å². The predicted molar refractivity (Wildman–Crippen MR) is 80.0 cm³/mol. The number of fused-ring (bicyclic) bond motifs is 1. The summed E-state index contributed by atoms with van der Waals surface area (Å²) in [5.74, 6) is -0.104. The van der Waals surface area contributed by atoms with Crippen LogP contribution in [0.15, 0.2) is 24.4 Å². The van der Waals surface area contributed by atoms with E-state index in [1.807, 2.05) is 32.0 Å². The third-order valence-electron chi connectivity index (χ3n) is 3.61. The highest BCUT2D eigenvalue weighted by Gasteiger charge is 2.19. The van der Waals surface area contributed by atoms with Gasteiger partial charge in [0, 0.05) is 30.2 Å². The highest BCUT2D eigenvalue weighted by Crippen LogP contribution is 2.19. The number of rotatable bonds is 3. The Morgan fingerprint density at radius 2 is 2.10 bits per heavy atom. The van der Waals surface area contributed by atoms with E-state index < -0.39 is 0 Å². The molecule has 1 amide bonds. The molecule has 1 aromatic carbocycles. The van der Waals surface area contributed by atoms with E-state index >= 15 is 0 Å². The summed E-state index contributed by atoms with van der Waals surface area (Å²) in [7, 11) is 1.77. The Morgan fingerprint density at radius 3 is 2.81 bits per heavy atom. The van der Waals surface area contributed by atoms with E-state index in [0.717, 1.165) is 27.7 Å². The Bertz CT molecular complexity index is 801. The Labute approximate surface area is 122 Å². The first-order valence-corrected chi connectivity index (χ1v) is 6.75. The van der Waals surface area contributed by atoms with Crippen LogP contribution < -0.4 is 0 Å². The van der Waals surface area contributed by atoms with E-state index in [0.29, 0.717) is 12.2 Å². The Balaban J connectivity index is 1.89. The van der Waals surface area contributed by atoms with Gasteiger partial charge in [0.2, 0.25) is 0 Å². The smallest absolute Gasteiger partial charge is 0.275 e. The number of amides is 1. The molecular formula is C15H17N5O. The number of hydrogen-bond donors (Lipinski definition) is 2. The highest BCUT2D eigenvalue weighted by molar-refractivity contribution is 6.04. The third-order valence-corrected chi connectivity index (χ3v) is 3.61. The number of aryl methyl sites for hydroxylation is 2. The molecule has 2 aromatic heterocycles. The average molecular weight is 283 g/mol. The maximum absolute atomic E-state index is 12.6. The van der Waals surface area contributed by atoms with Crippen molar-refractivity contribution in [2.45, 2.75) is 20.4 Å². The standard InChI is InChI=1S/C15H17N5O/c1-9-4-5-13-12(6-9)14(19-18-13)15(21)20(3)8-11-7-16-17-10(11)2/h4-7H,8H2,1-3H3,(H,16,17)(H,18,19). The fourth-order valence-corrected chi connectivity index (χ4v) is 2.33. The van der Waals surface area contributed by atoms with Gasteiger partial charge in [-0.25, -0.2) is 0 Å². The first-order valence-electron chi connectivity index (χ1n) is 6.75. The van der Waals surface area contributed by atoms with E-state index in [1.54, 1.807) is 18.1 Å². The monoisotopic (exact) mass is 283 g/mol. The molecule has 0 spiro atoms. The SMILES string of the molecule is Cc1ccc2[nH]nc(C(=O)N(C)Cc3cn[nH]c3C)c2c1. The molecule has 0 atom stereocenters. The molecule has 3 rings (SSSR count). The maximum Gasteiger partial charge on any atom is 0.275 e. The molecule has 0 aliphatic rings. The number of hydrogen-bond acceptors (Lipinski definition) is 3. The summed E-state index contributed by atoms with van der Waals surface area (Å²) < 4.78 is 0. The van der Waals surface area contributed by atoms with Crippen LogP contribution in [0.2, 0.25) is 0 Å². The molecule has 0 radical (unpaired) electrons. The number of H-pyrrole nitrogens is 2. The first kappa shape index (κ1) is 13.4. The van der Waals surface area contributed by atoms with Crippen LogP contribution in [0.4, 0.5) is 0 Å². The lowest BCUT2D eigenvalue weighted by molar-refractivity contribution is 0.0781. The molecule has 0 bridgehead atoms. The topological polar surface area (TPSA) is 77.7 Å². The zero-order chi connectivity index (χ0) is 15.0. The van der Waals surface area contributed by atoms with E-state index in [4.69, 9.17) is 0 Å². The van der Waals surface area contributed by atoms with Crippen LogP contribution >= 0.6 is 0 Å². The van der Waals surface area contributed by atoms with Crippen molar-refractivity contribution in [1.29, 1.82) is 0 Å². The van der Waals surface area contributed by atoms with Crippen molar-refractivity contribution in [3.05, 3.63) is 46.9 Å². The average Bonchev–Trinajstić information content (AvgIpc) is 3.04. The second kappa shape index (κ2) is 5.05. The van der Waals surface area contributed by atoms with Gasteiger partial charge in [0.15, 0.2) is 5.69 Å². The molecule has 21 heavy (non-hydrogen) atoms. The van der Waals surface area contributed by atoms with Crippen molar-refractivity contribution in [3.8, 4) is 0 Å². The van der Waals surface area contributed by atoms with Crippen molar-refractivity contribution < 1.29 is 4.79 Å². The van der Waals surface area contributed by atoms with Gasteiger partial charge in [0.1, 0.15) is 0 Å². The molecule has 108 valence electrons. The summed E-state index contributed by atoms with van der Waals surface area (Å²) in [5, 5.41) is 14.8. The van der Waals surface area contributed by atoms with Gasteiger partial charge < -0.3 is 4.90 Å². The Hall–Kier alpha value is -2.63. The Morgan fingerprint density at radius 1 is 1.29 bits per heavy atom. The maximum atomic E-state index is 12.6. The number of nitrogens with zero attached hydrogens (tertiary/aromatic N) is 3. The molecule has 0 fully saturated rings. The quantitative estimate of drug-likeness (QED) is 0.773. The molecule has 0 aliphatic carbocycles. The molecule has 3 aromatic rings. The molecule has 0 aliphatic heterocycles. The van der Waals surface area contributed by atoms with Gasteiger partial charge >= 0.3 is 0 Å². The minimum absolute atomic E-state index is 0.104. The van der Waals surface area contributed by atoms with Crippen molar-refractivity contribution in [2.75, 3.05) is 7.05 Å². The molecule has 2 N–H and O–H groups in total. The van der Waals surface area contributed by atoms with Gasteiger partial charge in [-0.2, -0.15) is 10.2 Å². The van der Waals surface area contributed by atoms with Crippen LogP contribution in [0, 0.1) is 13.8 Å². The molecule has 6 nitrogen and oxygen atoms in total. The van der Waals surface area contributed by atoms with Crippen LogP contribution in [0.25, 0.3) is 10.9 Å². The van der Waals surface area contributed by atoms with E-state index in [2.05, 4.69) is 20.4 Å².